The fraction of sp³-hybridized carbons (Fsp3) is 0.455. The quantitative estimate of drug-likeness (QED) is 0.416. The summed E-state index contributed by atoms with van der Waals surface area (Å²) in [6.07, 6.45) is 0.672. The van der Waals surface area contributed by atoms with Crippen molar-refractivity contribution in [3.63, 3.8) is 0 Å². The van der Waals surface area contributed by atoms with Gasteiger partial charge in [-0.1, -0.05) is 0 Å². The summed E-state index contributed by atoms with van der Waals surface area (Å²) in [7, 11) is 0. The van der Waals surface area contributed by atoms with E-state index in [2.05, 4.69) is 25.4 Å². The van der Waals surface area contributed by atoms with Gasteiger partial charge in [-0.05, 0) is 25.1 Å². The van der Waals surface area contributed by atoms with Crippen molar-refractivity contribution in [3.8, 4) is 11.3 Å². The van der Waals surface area contributed by atoms with Crippen LogP contribution in [0.5, 0.6) is 0 Å². The Morgan fingerprint density at radius 1 is 1.20 bits per heavy atom. The van der Waals surface area contributed by atoms with Gasteiger partial charge in [0.15, 0.2) is 5.65 Å². The van der Waals surface area contributed by atoms with E-state index >= 15 is 0 Å². The van der Waals surface area contributed by atoms with E-state index in [9.17, 15) is 17.6 Å². The summed E-state index contributed by atoms with van der Waals surface area (Å²) in [5.41, 5.74) is 2.72. The number of pyridine rings is 1. The Bertz CT molecular complexity index is 1400. The molecule has 13 heteroatoms. The van der Waals surface area contributed by atoms with Crippen LogP contribution in [0.4, 0.5) is 23.5 Å². The Labute approximate surface area is 196 Å². The molecule has 0 unspecified atom stereocenters. The van der Waals surface area contributed by atoms with Gasteiger partial charge >= 0.3 is 0 Å². The highest BCUT2D eigenvalue weighted by molar-refractivity contribution is 5.82. The summed E-state index contributed by atoms with van der Waals surface area (Å²) in [6.45, 7) is 1.95. The molecule has 0 aromatic carbocycles. The molecule has 2 fully saturated rings. The minimum Gasteiger partial charge on any atom is -0.378 e. The number of imidazole rings is 1. The van der Waals surface area contributed by atoms with E-state index in [-0.39, 0.29) is 25.1 Å². The standard InChI is InChI=1S/C22H22F4N8O/c1-12-28-16-3-2-15(29-20(16)33(12)8-19(23)24)14-4-5-34-17(14)6-27-21(31-34)30-18-7-32(11-22(18,25)26)13-9-35-10-13/h2-6,13,18-19H,7-11H2,1H3,(H,30,31)/t18-/m1/s1. The third-order valence-corrected chi connectivity index (χ3v) is 6.58. The van der Waals surface area contributed by atoms with Crippen molar-refractivity contribution in [2.45, 2.75) is 37.9 Å². The molecule has 4 aromatic heterocycles. The van der Waals surface area contributed by atoms with E-state index in [0.717, 1.165) is 0 Å². The molecule has 0 amide bonds. The van der Waals surface area contributed by atoms with E-state index in [1.54, 1.807) is 36.2 Å². The molecule has 0 radical (unpaired) electrons. The highest BCUT2D eigenvalue weighted by Gasteiger charge is 2.51. The Balaban J connectivity index is 1.28. The van der Waals surface area contributed by atoms with Gasteiger partial charge in [-0.3, -0.25) is 4.90 Å². The molecule has 2 aliphatic rings. The van der Waals surface area contributed by atoms with Gasteiger partial charge in [0.2, 0.25) is 5.95 Å². The van der Waals surface area contributed by atoms with Crippen LogP contribution in [0.1, 0.15) is 5.82 Å². The second-order valence-electron chi connectivity index (χ2n) is 8.92. The average molecular weight is 490 g/mol. The molecule has 9 nitrogen and oxygen atoms in total. The van der Waals surface area contributed by atoms with Crippen LogP contribution in [0.2, 0.25) is 0 Å². The van der Waals surface area contributed by atoms with Crippen molar-refractivity contribution in [2.24, 2.45) is 0 Å². The van der Waals surface area contributed by atoms with Gasteiger partial charge in [-0.25, -0.2) is 37.0 Å². The van der Waals surface area contributed by atoms with E-state index in [4.69, 9.17) is 4.74 Å². The molecule has 6 rings (SSSR count). The first kappa shape index (κ1) is 22.2. The van der Waals surface area contributed by atoms with E-state index in [0.29, 0.717) is 47.0 Å². The van der Waals surface area contributed by atoms with E-state index in [1.807, 2.05) is 0 Å². The zero-order valence-electron chi connectivity index (χ0n) is 18.7. The first-order valence-electron chi connectivity index (χ1n) is 11.2. The number of alkyl halides is 4. The van der Waals surface area contributed by atoms with Gasteiger partial charge in [0.25, 0.3) is 12.3 Å². The highest BCUT2D eigenvalue weighted by atomic mass is 19.3. The van der Waals surface area contributed by atoms with Crippen LogP contribution in [-0.4, -0.2) is 84.8 Å². The molecule has 6 heterocycles. The predicted octanol–water partition coefficient (Wildman–Crippen LogP) is 2.84. The molecule has 0 aliphatic carbocycles. The summed E-state index contributed by atoms with van der Waals surface area (Å²) in [5, 5.41) is 7.14. The van der Waals surface area contributed by atoms with Crippen LogP contribution in [0.15, 0.2) is 30.6 Å². The van der Waals surface area contributed by atoms with Gasteiger partial charge in [0.05, 0.1) is 49.8 Å². The number of rotatable bonds is 6. The monoisotopic (exact) mass is 490 g/mol. The van der Waals surface area contributed by atoms with Crippen molar-refractivity contribution >= 4 is 22.6 Å². The molecule has 0 spiro atoms. The number of anilines is 1. The minimum atomic E-state index is -2.92. The number of likely N-dealkylation sites (tertiary alicyclic amines) is 1. The molecule has 1 N–H and O–H groups in total. The number of nitrogens with one attached hydrogen (secondary N) is 1. The summed E-state index contributed by atoms with van der Waals surface area (Å²) in [4.78, 5) is 14.9. The van der Waals surface area contributed by atoms with Gasteiger partial charge in [0.1, 0.15) is 17.4 Å². The van der Waals surface area contributed by atoms with Crippen LogP contribution >= 0.6 is 0 Å². The van der Waals surface area contributed by atoms with Crippen LogP contribution in [-0.2, 0) is 11.3 Å². The SMILES string of the molecule is Cc1nc2ccc(-c3ccn4nc(N[C@@H]5CN(C6COC6)CC5(F)F)ncc34)nc2n1CC(F)F. The smallest absolute Gasteiger partial charge is 0.281 e. The lowest BCUT2D eigenvalue weighted by Crippen LogP contribution is -2.48. The molecule has 0 bridgehead atoms. The molecule has 2 saturated heterocycles. The second-order valence-corrected chi connectivity index (χ2v) is 8.92. The zero-order valence-corrected chi connectivity index (χ0v) is 18.7. The van der Waals surface area contributed by atoms with Crippen LogP contribution in [0.25, 0.3) is 27.9 Å². The lowest BCUT2D eigenvalue weighted by molar-refractivity contribution is -0.0711. The van der Waals surface area contributed by atoms with E-state index in [1.165, 1.54) is 15.3 Å². The van der Waals surface area contributed by atoms with E-state index < -0.39 is 24.9 Å². The molecule has 4 aromatic rings. The van der Waals surface area contributed by atoms with Crippen LogP contribution in [0.3, 0.4) is 0 Å². The lowest BCUT2D eigenvalue weighted by Gasteiger charge is -2.34. The fourth-order valence-electron chi connectivity index (χ4n) is 4.64. The second kappa shape index (κ2) is 8.12. The number of aryl methyl sites for hydroxylation is 1. The molecule has 35 heavy (non-hydrogen) atoms. The molecule has 1 atom stereocenters. The fourth-order valence-corrected chi connectivity index (χ4v) is 4.64. The Kier molecular flexibility index (Phi) is 5.14. The number of hydrogen-bond acceptors (Lipinski definition) is 7. The summed E-state index contributed by atoms with van der Waals surface area (Å²) >= 11 is 0. The number of hydrogen-bond donors (Lipinski definition) is 1. The van der Waals surface area contributed by atoms with Gasteiger partial charge in [-0.15, -0.1) is 5.10 Å². The summed E-state index contributed by atoms with van der Waals surface area (Å²) in [6, 6.07) is 4.16. The van der Waals surface area contributed by atoms with Crippen LogP contribution < -0.4 is 5.32 Å². The third kappa shape index (κ3) is 3.88. The minimum absolute atomic E-state index is 0.0220. The maximum absolute atomic E-state index is 14.6. The summed E-state index contributed by atoms with van der Waals surface area (Å²) in [5.74, 6) is -2.38. The zero-order chi connectivity index (χ0) is 24.3. The molecule has 0 saturated carbocycles. The van der Waals surface area contributed by atoms with Crippen molar-refractivity contribution in [3.05, 3.63) is 36.4 Å². The molecule has 184 valence electrons. The van der Waals surface area contributed by atoms with Gasteiger partial charge < -0.3 is 14.6 Å². The Hall–Kier alpha value is -3.32. The first-order chi connectivity index (χ1) is 16.8. The van der Waals surface area contributed by atoms with Crippen molar-refractivity contribution < 1.29 is 22.3 Å². The lowest BCUT2D eigenvalue weighted by atomic mass is 10.2. The van der Waals surface area contributed by atoms with Crippen molar-refractivity contribution in [1.82, 2.24) is 34.0 Å². The van der Waals surface area contributed by atoms with Crippen LogP contribution in [0, 0.1) is 6.92 Å². The largest absolute Gasteiger partial charge is 0.378 e. The first-order valence-corrected chi connectivity index (χ1v) is 11.2. The number of ether oxygens (including phenoxy) is 1. The summed E-state index contributed by atoms with van der Waals surface area (Å²) < 4.78 is 63.3. The molecular formula is C22H22F4N8O. The predicted molar refractivity (Wildman–Crippen MR) is 119 cm³/mol. The Morgan fingerprint density at radius 3 is 2.77 bits per heavy atom. The van der Waals surface area contributed by atoms with Crippen molar-refractivity contribution in [2.75, 3.05) is 31.6 Å². The highest BCUT2D eigenvalue weighted by Crippen LogP contribution is 2.32. The average Bonchev–Trinajstić information content (AvgIpc) is 3.40. The topological polar surface area (TPSA) is 85.4 Å². The maximum atomic E-state index is 14.6. The molecular weight excluding hydrogens is 468 g/mol. The van der Waals surface area contributed by atoms with Crippen molar-refractivity contribution in [1.29, 1.82) is 0 Å². The maximum Gasteiger partial charge on any atom is 0.281 e. The normalized spacial score (nSPS) is 20.8. The molecule has 2 aliphatic heterocycles. The third-order valence-electron chi connectivity index (χ3n) is 6.58. The Morgan fingerprint density at radius 2 is 2.03 bits per heavy atom. The number of fused-ring (bicyclic) bond motifs is 2. The number of halogens is 4. The van der Waals surface area contributed by atoms with Gasteiger partial charge in [-0.2, -0.15) is 0 Å². The number of aromatic nitrogens is 6. The van der Waals surface area contributed by atoms with Gasteiger partial charge in [0, 0.05) is 18.3 Å². The number of nitrogens with zero attached hydrogens (tertiary/aromatic N) is 7.